The van der Waals surface area contributed by atoms with E-state index in [0.29, 0.717) is 11.4 Å². The molecule has 4 aliphatic rings. The second kappa shape index (κ2) is 13.9. The molecule has 40 heavy (non-hydrogen) atoms. The zero-order valence-corrected chi connectivity index (χ0v) is 24.3. The van der Waals surface area contributed by atoms with E-state index in [-0.39, 0.29) is 47.3 Å². The lowest BCUT2D eigenvalue weighted by atomic mass is 9.85. The van der Waals surface area contributed by atoms with Crippen LogP contribution in [0, 0.1) is 23.7 Å². The molecule has 1 aromatic rings. The number of rotatable bonds is 6. The Labute approximate surface area is 240 Å². The molecule has 0 N–H and O–H groups in total. The quantitative estimate of drug-likeness (QED) is 0.341. The minimum atomic E-state index is -0.189. The van der Waals surface area contributed by atoms with Crippen LogP contribution < -0.4 is 9.80 Å². The van der Waals surface area contributed by atoms with E-state index in [1.807, 2.05) is 12.1 Å². The highest BCUT2D eigenvalue weighted by molar-refractivity contribution is 6.23. The van der Waals surface area contributed by atoms with Gasteiger partial charge in [0, 0.05) is 23.7 Å². The predicted octanol–water partition coefficient (Wildman–Crippen LogP) is 7.73. The summed E-state index contributed by atoms with van der Waals surface area (Å²) in [4.78, 5) is 59.7. The first-order chi connectivity index (χ1) is 19.6. The molecule has 0 aromatic heterocycles. The van der Waals surface area contributed by atoms with Crippen LogP contribution >= 0.6 is 0 Å². The van der Waals surface area contributed by atoms with Crippen molar-refractivity contribution in [2.24, 2.45) is 23.7 Å². The van der Waals surface area contributed by atoms with E-state index < -0.39 is 0 Å². The third-order valence-electron chi connectivity index (χ3n) is 10.1. The normalized spacial score (nSPS) is 22.0. The number of carbonyl (C=O) groups is 4. The number of anilines is 2. The maximum absolute atomic E-state index is 14.2. The largest absolute Gasteiger partial charge is 0.274 e. The number of imide groups is 2. The van der Waals surface area contributed by atoms with Crippen LogP contribution in [0.4, 0.5) is 11.4 Å². The molecule has 0 heterocycles. The molecule has 0 spiro atoms. The molecule has 218 valence electrons. The van der Waals surface area contributed by atoms with Crippen molar-refractivity contribution in [3.63, 3.8) is 0 Å². The standard InChI is InChI=1S/C34H48N2O4/c37-31(25-15-5-1-6-16-25)35(32(38)26-17-7-2-8-18-26)29-23-13-14-24-30(29)36(33(39)27-19-9-3-10-20-27)34(40)28-21-11-4-12-22-28/h13-14,23-28H,1-12,15-22H2. The van der Waals surface area contributed by atoms with Gasteiger partial charge in [-0.05, 0) is 63.5 Å². The van der Waals surface area contributed by atoms with Crippen LogP contribution in [0.2, 0.25) is 0 Å². The highest BCUT2D eigenvalue weighted by Crippen LogP contribution is 2.39. The Balaban J connectivity index is 1.56. The fourth-order valence-corrected chi connectivity index (χ4v) is 7.66. The van der Waals surface area contributed by atoms with Crippen LogP contribution in [0.15, 0.2) is 24.3 Å². The van der Waals surface area contributed by atoms with Gasteiger partial charge in [-0.25, -0.2) is 9.80 Å². The first-order valence-corrected chi connectivity index (χ1v) is 16.4. The molecular formula is C34H48N2O4. The van der Waals surface area contributed by atoms with E-state index in [9.17, 15) is 19.2 Å². The molecule has 5 rings (SSSR count). The first-order valence-electron chi connectivity index (χ1n) is 16.4. The molecule has 4 saturated carbocycles. The van der Waals surface area contributed by atoms with Crippen molar-refractivity contribution in [3.05, 3.63) is 24.3 Å². The number of hydrogen-bond donors (Lipinski definition) is 0. The molecule has 0 bridgehead atoms. The molecule has 0 aliphatic heterocycles. The summed E-state index contributed by atoms with van der Waals surface area (Å²) in [5, 5.41) is 0. The van der Waals surface area contributed by atoms with Gasteiger partial charge < -0.3 is 0 Å². The number of carbonyl (C=O) groups excluding carboxylic acids is 4. The summed E-state index contributed by atoms with van der Waals surface area (Å²) in [6.45, 7) is 0. The van der Waals surface area contributed by atoms with Crippen molar-refractivity contribution in [1.82, 2.24) is 0 Å². The Morgan fingerprint density at radius 1 is 0.400 bits per heavy atom. The monoisotopic (exact) mass is 548 g/mol. The van der Waals surface area contributed by atoms with Crippen molar-refractivity contribution < 1.29 is 19.2 Å². The van der Waals surface area contributed by atoms with Gasteiger partial charge in [0.1, 0.15) is 0 Å². The first kappa shape index (κ1) is 29.0. The van der Waals surface area contributed by atoms with Gasteiger partial charge in [0.2, 0.25) is 23.6 Å². The van der Waals surface area contributed by atoms with Gasteiger partial charge in [-0.1, -0.05) is 89.2 Å². The Morgan fingerprint density at radius 3 is 0.850 bits per heavy atom. The highest BCUT2D eigenvalue weighted by atomic mass is 16.2. The molecule has 0 unspecified atom stereocenters. The lowest BCUT2D eigenvalue weighted by Crippen LogP contribution is -2.48. The summed E-state index contributed by atoms with van der Waals surface area (Å²) in [5.74, 6) is -1.32. The zero-order valence-electron chi connectivity index (χ0n) is 24.3. The van der Waals surface area contributed by atoms with Crippen LogP contribution in [0.1, 0.15) is 128 Å². The molecule has 0 atom stereocenters. The van der Waals surface area contributed by atoms with Crippen LogP contribution in [-0.2, 0) is 19.2 Å². The number of benzene rings is 1. The Kier molecular flexibility index (Phi) is 10.1. The minimum Gasteiger partial charge on any atom is -0.274 e. The van der Waals surface area contributed by atoms with Gasteiger partial charge in [0.05, 0.1) is 11.4 Å². The Bertz CT molecular complexity index is 901. The topological polar surface area (TPSA) is 74.8 Å². The molecule has 0 radical (unpaired) electrons. The van der Waals surface area contributed by atoms with Crippen LogP contribution in [-0.4, -0.2) is 23.6 Å². The maximum Gasteiger partial charge on any atom is 0.236 e. The molecule has 4 amide bonds. The zero-order chi connectivity index (χ0) is 27.9. The smallest absolute Gasteiger partial charge is 0.236 e. The molecule has 0 saturated heterocycles. The SMILES string of the molecule is O=C(C1CCCCC1)N(C(=O)C1CCCCC1)c1ccccc1N(C(=O)C1CCCCC1)C(=O)C1CCCCC1. The lowest BCUT2D eigenvalue weighted by molar-refractivity contribution is -0.133. The average molecular weight is 549 g/mol. The third kappa shape index (κ3) is 6.52. The van der Waals surface area contributed by atoms with Gasteiger partial charge in [-0.3, -0.25) is 19.2 Å². The summed E-state index contributed by atoms with van der Waals surface area (Å²) < 4.78 is 0. The fraction of sp³-hybridized carbons (Fsp3) is 0.706. The molecule has 4 aliphatic carbocycles. The second-order valence-electron chi connectivity index (χ2n) is 12.9. The highest BCUT2D eigenvalue weighted by Gasteiger charge is 2.40. The molecule has 1 aromatic carbocycles. The number of para-hydroxylation sites is 2. The van der Waals surface area contributed by atoms with E-state index in [0.717, 1.165) is 128 Å². The van der Waals surface area contributed by atoms with Gasteiger partial charge in [0.25, 0.3) is 0 Å². The van der Waals surface area contributed by atoms with Gasteiger partial charge in [-0.15, -0.1) is 0 Å². The fourth-order valence-electron chi connectivity index (χ4n) is 7.66. The van der Waals surface area contributed by atoms with Crippen molar-refractivity contribution in [1.29, 1.82) is 0 Å². The summed E-state index contributed by atoms with van der Waals surface area (Å²) >= 11 is 0. The molecular weight excluding hydrogens is 500 g/mol. The number of nitrogens with zero attached hydrogens (tertiary/aromatic N) is 2. The summed E-state index contributed by atoms with van der Waals surface area (Å²) in [6.07, 6.45) is 18.8. The minimum absolute atomic E-state index is 0.141. The summed E-state index contributed by atoms with van der Waals surface area (Å²) in [5.41, 5.74) is 0.865. The Hall–Kier alpha value is -2.50. The predicted molar refractivity (Wildman–Crippen MR) is 158 cm³/mol. The van der Waals surface area contributed by atoms with Crippen LogP contribution in [0.25, 0.3) is 0 Å². The van der Waals surface area contributed by atoms with Crippen LogP contribution in [0.5, 0.6) is 0 Å². The van der Waals surface area contributed by atoms with Crippen molar-refractivity contribution in [3.8, 4) is 0 Å². The van der Waals surface area contributed by atoms with Crippen LogP contribution in [0.3, 0.4) is 0 Å². The van der Waals surface area contributed by atoms with Gasteiger partial charge in [-0.2, -0.15) is 0 Å². The summed E-state index contributed by atoms with van der Waals surface area (Å²) in [6, 6.07) is 7.27. The molecule has 6 nitrogen and oxygen atoms in total. The van der Waals surface area contributed by atoms with E-state index in [1.165, 1.54) is 9.80 Å². The van der Waals surface area contributed by atoms with Crippen molar-refractivity contribution in [2.75, 3.05) is 9.80 Å². The van der Waals surface area contributed by atoms with Crippen molar-refractivity contribution in [2.45, 2.75) is 128 Å². The van der Waals surface area contributed by atoms with E-state index in [1.54, 1.807) is 12.1 Å². The summed E-state index contributed by atoms with van der Waals surface area (Å²) in [7, 11) is 0. The Morgan fingerprint density at radius 2 is 0.625 bits per heavy atom. The lowest BCUT2D eigenvalue weighted by Gasteiger charge is -2.36. The molecule has 6 heteroatoms. The number of amides is 4. The number of hydrogen-bond acceptors (Lipinski definition) is 4. The van der Waals surface area contributed by atoms with Gasteiger partial charge in [0.15, 0.2) is 0 Å². The van der Waals surface area contributed by atoms with E-state index in [2.05, 4.69) is 0 Å². The van der Waals surface area contributed by atoms with Gasteiger partial charge >= 0.3 is 0 Å². The van der Waals surface area contributed by atoms with Crippen molar-refractivity contribution >= 4 is 35.0 Å². The second-order valence-corrected chi connectivity index (χ2v) is 12.9. The van der Waals surface area contributed by atoms with E-state index >= 15 is 0 Å². The van der Waals surface area contributed by atoms with E-state index in [4.69, 9.17) is 0 Å². The average Bonchev–Trinajstić information content (AvgIpc) is 3.03. The molecule has 4 fully saturated rings. The third-order valence-corrected chi connectivity index (χ3v) is 10.1. The maximum atomic E-state index is 14.2.